The lowest BCUT2D eigenvalue weighted by atomic mass is 10.0. The number of H-pyrrole nitrogens is 1. The SMILES string of the molecule is C[C@@H](NC(=O)C(=O)NCCc1c[nH]c2ccccc12)[C@H](c1cccs1)N1CCN(C)CC1. The van der Waals surface area contributed by atoms with Crippen molar-refractivity contribution in [2.45, 2.75) is 25.4 Å². The molecule has 1 aromatic carbocycles. The quantitative estimate of drug-likeness (QED) is 0.480. The van der Waals surface area contributed by atoms with Crippen LogP contribution >= 0.6 is 11.3 Å². The first-order valence-corrected chi connectivity index (χ1v) is 12.0. The molecule has 7 nitrogen and oxygen atoms in total. The van der Waals surface area contributed by atoms with Crippen LogP contribution in [0.5, 0.6) is 0 Å². The second-order valence-electron chi connectivity index (χ2n) is 8.43. The molecule has 0 aliphatic carbocycles. The van der Waals surface area contributed by atoms with Crippen LogP contribution in [0.2, 0.25) is 0 Å². The number of nitrogens with zero attached hydrogens (tertiary/aromatic N) is 2. The molecule has 0 unspecified atom stereocenters. The fourth-order valence-electron chi connectivity index (χ4n) is 4.38. The lowest BCUT2D eigenvalue weighted by Crippen LogP contribution is -2.53. The maximum absolute atomic E-state index is 12.6. The fourth-order valence-corrected chi connectivity index (χ4v) is 5.35. The molecule has 4 rings (SSSR count). The Balaban J connectivity index is 1.32. The van der Waals surface area contributed by atoms with Gasteiger partial charge in [0.05, 0.1) is 6.04 Å². The third-order valence-electron chi connectivity index (χ3n) is 6.16. The van der Waals surface area contributed by atoms with Crippen molar-refractivity contribution >= 4 is 34.1 Å². The van der Waals surface area contributed by atoms with Gasteiger partial charge in [-0.05, 0) is 43.5 Å². The number of rotatable bonds is 7. The number of carbonyl (C=O) groups is 2. The van der Waals surface area contributed by atoms with Gasteiger partial charge in [-0.3, -0.25) is 14.5 Å². The molecule has 0 saturated carbocycles. The van der Waals surface area contributed by atoms with Crippen LogP contribution in [0.3, 0.4) is 0 Å². The molecule has 3 N–H and O–H groups in total. The van der Waals surface area contributed by atoms with Crippen LogP contribution in [0, 0.1) is 0 Å². The van der Waals surface area contributed by atoms with E-state index in [1.165, 1.54) is 4.88 Å². The average molecular weight is 454 g/mol. The van der Waals surface area contributed by atoms with E-state index >= 15 is 0 Å². The number of aromatic nitrogens is 1. The van der Waals surface area contributed by atoms with Crippen molar-refractivity contribution in [3.05, 3.63) is 58.4 Å². The van der Waals surface area contributed by atoms with Crippen LogP contribution in [-0.2, 0) is 16.0 Å². The van der Waals surface area contributed by atoms with Crippen molar-refractivity contribution in [1.29, 1.82) is 0 Å². The van der Waals surface area contributed by atoms with Crippen molar-refractivity contribution in [3.63, 3.8) is 0 Å². The van der Waals surface area contributed by atoms with Gasteiger partial charge in [0.25, 0.3) is 0 Å². The zero-order valence-corrected chi connectivity index (χ0v) is 19.5. The number of aromatic amines is 1. The number of piperazine rings is 1. The third-order valence-corrected chi connectivity index (χ3v) is 7.10. The summed E-state index contributed by atoms with van der Waals surface area (Å²) < 4.78 is 0. The van der Waals surface area contributed by atoms with Gasteiger partial charge in [0.2, 0.25) is 0 Å². The molecule has 2 atom stereocenters. The van der Waals surface area contributed by atoms with Gasteiger partial charge in [-0.15, -0.1) is 11.3 Å². The number of amides is 2. The molecule has 2 amide bonds. The Labute approximate surface area is 192 Å². The molecular formula is C24H31N5O2S. The summed E-state index contributed by atoms with van der Waals surface area (Å²) in [5.74, 6) is -1.16. The van der Waals surface area contributed by atoms with Crippen LogP contribution in [0.15, 0.2) is 48.0 Å². The van der Waals surface area contributed by atoms with Crippen molar-refractivity contribution in [3.8, 4) is 0 Å². The predicted molar refractivity (Wildman–Crippen MR) is 129 cm³/mol. The highest BCUT2D eigenvalue weighted by atomic mass is 32.1. The second-order valence-corrected chi connectivity index (χ2v) is 9.41. The van der Waals surface area contributed by atoms with Gasteiger partial charge in [-0.2, -0.15) is 0 Å². The Morgan fingerprint density at radius 3 is 2.62 bits per heavy atom. The van der Waals surface area contributed by atoms with Crippen molar-refractivity contribution in [1.82, 2.24) is 25.4 Å². The average Bonchev–Trinajstić information content (AvgIpc) is 3.46. The summed E-state index contributed by atoms with van der Waals surface area (Å²) in [6.45, 7) is 6.27. The number of thiophene rings is 1. The largest absolute Gasteiger partial charge is 0.361 e. The van der Waals surface area contributed by atoms with Crippen LogP contribution < -0.4 is 10.6 Å². The summed E-state index contributed by atoms with van der Waals surface area (Å²) in [7, 11) is 2.13. The lowest BCUT2D eigenvalue weighted by Gasteiger charge is -2.40. The molecule has 2 aromatic heterocycles. The van der Waals surface area contributed by atoms with Gasteiger partial charge < -0.3 is 20.5 Å². The van der Waals surface area contributed by atoms with E-state index < -0.39 is 11.8 Å². The van der Waals surface area contributed by atoms with Crippen LogP contribution in [0.25, 0.3) is 10.9 Å². The molecule has 170 valence electrons. The number of likely N-dealkylation sites (N-methyl/N-ethyl adjacent to an activating group) is 1. The van der Waals surface area contributed by atoms with E-state index in [1.54, 1.807) is 11.3 Å². The predicted octanol–water partition coefficient (Wildman–Crippen LogP) is 2.38. The summed E-state index contributed by atoms with van der Waals surface area (Å²) in [4.78, 5) is 34.2. The fraction of sp³-hybridized carbons (Fsp3) is 0.417. The van der Waals surface area contributed by atoms with Gasteiger partial charge in [0.15, 0.2) is 0 Å². The summed E-state index contributed by atoms with van der Waals surface area (Å²) in [5, 5.41) is 8.92. The van der Waals surface area contributed by atoms with E-state index in [-0.39, 0.29) is 12.1 Å². The molecular weight excluding hydrogens is 422 g/mol. The summed E-state index contributed by atoms with van der Waals surface area (Å²) in [6, 6.07) is 12.1. The minimum absolute atomic E-state index is 0.0617. The zero-order chi connectivity index (χ0) is 22.5. The maximum atomic E-state index is 12.6. The Kier molecular flexibility index (Phi) is 7.24. The molecule has 3 aromatic rings. The maximum Gasteiger partial charge on any atom is 0.309 e. The number of fused-ring (bicyclic) bond motifs is 1. The molecule has 1 fully saturated rings. The smallest absolute Gasteiger partial charge is 0.309 e. The van der Waals surface area contributed by atoms with Gasteiger partial charge in [-0.1, -0.05) is 24.3 Å². The zero-order valence-electron chi connectivity index (χ0n) is 18.6. The summed E-state index contributed by atoms with van der Waals surface area (Å²) in [6.07, 6.45) is 2.62. The first-order valence-electron chi connectivity index (χ1n) is 11.1. The number of hydrogen-bond donors (Lipinski definition) is 3. The Bertz CT molecular complexity index is 1040. The Hall–Kier alpha value is -2.68. The first kappa shape index (κ1) is 22.5. The Morgan fingerprint density at radius 1 is 1.09 bits per heavy atom. The molecule has 1 aliphatic heterocycles. The molecule has 1 aliphatic rings. The topological polar surface area (TPSA) is 80.5 Å². The van der Waals surface area contributed by atoms with E-state index in [1.807, 2.05) is 37.4 Å². The lowest BCUT2D eigenvalue weighted by molar-refractivity contribution is -0.139. The number of hydrogen-bond acceptors (Lipinski definition) is 5. The van der Waals surface area contributed by atoms with Gasteiger partial charge in [-0.25, -0.2) is 0 Å². The summed E-state index contributed by atoms with van der Waals surface area (Å²) >= 11 is 1.69. The minimum atomic E-state index is -0.583. The molecule has 8 heteroatoms. The molecule has 1 saturated heterocycles. The highest BCUT2D eigenvalue weighted by Gasteiger charge is 2.31. The van der Waals surface area contributed by atoms with Crippen LogP contribution in [-0.4, -0.2) is 72.4 Å². The first-order chi connectivity index (χ1) is 15.5. The molecule has 0 radical (unpaired) electrons. The molecule has 32 heavy (non-hydrogen) atoms. The number of carbonyl (C=O) groups excluding carboxylic acids is 2. The van der Waals surface area contributed by atoms with Crippen molar-refractivity contribution in [2.75, 3.05) is 39.8 Å². The van der Waals surface area contributed by atoms with Crippen LogP contribution in [0.1, 0.15) is 23.4 Å². The van der Waals surface area contributed by atoms with E-state index in [0.29, 0.717) is 13.0 Å². The standard InChI is InChI=1S/C24H31N5O2S/c1-17(22(21-8-5-15-32-21)29-13-11-28(2)12-14-29)27-24(31)23(30)25-10-9-18-16-26-20-7-4-3-6-19(18)20/h3-8,15-17,22,26H,9-14H2,1-2H3,(H,25,30)(H,27,31)/t17-,22-/m1/s1. The van der Waals surface area contributed by atoms with Crippen molar-refractivity contribution in [2.24, 2.45) is 0 Å². The summed E-state index contributed by atoms with van der Waals surface area (Å²) in [5.41, 5.74) is 2.20. The Morgan fingerprint density at radius 2 is 1.88 bits per heavy atom. The second kappa shape index (κ2) is 10.3. The highest BCUT2D eigenvalue weighted by molar-refractivity contribution is 7.10. The van der Waals surface area contributed by atoms with E-state index in [0.717, 1.165) is 42.6 Å². The highest BCUT2D eigenvalue weighted by Crippen LogP contribution is 2.29. The monoisotopic (exact) mass is 453 g/mol. The number of para-hydroxylation sites is 1. The van der Waals surface area contributed by atoms with Crippen molar-refractivity contribution < 1.29 is 9.59 Å². The van der Waals surface area contributed by atoms with E-state index in [4.69, 9.17) is 0 Å². The van der Waals surface area contributed by atoms with E-state index in [9.17, 15) is 9.59 Å². The van der Waals surface area contributed by atoms with Gasteiger partial charge in [0, 0.05) is 60.7 Å². The van der Waals surface area contributed by atoms with E-state index in [2.05, 4.69) is 50.0 Å². The van der Waals surface area contributed by atoms with Gasteiger partial charge in [0.1, 0.15) is 0 Å². The normalized spacial score (nSPS) is 17.2. The van der Waals surface area contributed by atoms with Gasteiger partial charge >= 0.3 is 11.8 Å². The third kappa shape index (κ3) is 5.20. The molecule has 0 bridgehead atoms. The number of nitrogens with one attached hydrogen (secondary N) is 3. The number of benzene rings is 1. The van der Waals surface area contributed by atoms with Crippen LogP contribution in [0.4, 0.5) is 0 Å². The molecule has 0 spiro atoms. The molecule has 3 heterocycles. The minimum Gasteiger partial charge on any atom is -0.361 e.